The molecule has 0 radical (unpaired) electrons. The summed E-state index contributed by atoms with van der Waals surface area (Å²) in [6, 6.07) is 1.37. The summed E-state index contributed by atoms with van der Waals surface area (Å²) in [5, 5.41) is 38.2. The number of azo groups is 2. The number of aromatic nitrogens is 5. The zero-order chi connectivity index (χ0) is 20.4. The molecule has 0 atom stereocenters. The standard InChI is InChI=1S/C15H11N9O2S3/c1-6-11(25)7(19-21-13-10-9(23-28-13)4-16-5-17-10)3-8(12(6)26)20-22-14-18-15(27-2)24-29-14/h3-5,25-26H,1-2H3/b21-19+,22-20+. The molecule has 0 saturated heterocycles. The molecular weight excluding hydrogens is 434 g/mol. The summed E-state index contributed by atoms with van der Waals surface area (Å²) in [6.45, 7) is 1.54. The van der Waals surface area contributed by atoms with Gasteiger partial charge in [-0.25, -0.2) is 9.97 Å². The van der Waals surface area contributed by atoms with Crippen molar-refractivity contribution in [3.05, 3.63) is 24.2 Å². The van der Waals surface area contributed by atoms with Crippen LogP contribution in [-0.4, -0.2) is 40.2 Å². The minimum atomic E-state index is -0.214. The van der Waals surface area contributed by atoms with Gasteiger partial charge in [0.15, 0.2) is 5.00 Å². The summed E-state index contributed by atoms with van der Waals surface area (Å²) in [4.78, 5) is 12.2. The fourth-order valence-electron chi connectivity index (χ4n) is 2.19. The second kappa shape index (κ2) is 8.10. The molecule has 0 aliphatic carbocycles. The van der Waals surface area contributed by atoms with Crippen molar-refractivity contribution in [1.29, 1.82) is 0 Å². The molecule has 146 valence electrons. The van der Waals surface area contributed by atoms with Crippen LogP contribution in [-0.2, 0) is 0 Å². The zero-order valence-corrected chi connectivity index (χ0v) is 17.3. The predicted octanol–water partition coefficient (Wildman–Crippen LogP) is 5.21. The van der Waals surface area contributed by atoms with Crippen LogP contribution in [0.3, 0.4) is 0 Å². The van der Waals surface area contributed by atoms with Gasteiger partial charge in [-0.1, -0.05) is 11.8 Å². The quantitative estimate of drug-likeness (QED) is 0.313. The van der Waals surface area contributed by atoms with Crippen LogP contribution < -0.4 is 0 Å². The molecule has 0 bridgehead atoms. The summed E-state index contributed by atoms with van der Waals surface area (Å²) >= 11 is 3.59. The SMILES string of the molecule is CSc1nsc(/N=N/c2cc(/N=N/c3snc4cncnc34)c(O)c(C)c2O)n1. The summed E-state index contributed by atoms with van der Waals surface area (Å²) in [6.07, 6.45) is 4.83. The highest BCUT2D eigenvalue weighted by atomic mass is 32.2. The van der Waals surface area contributed by atoms with E-state index in [-0.39, 0.29) is 28.4 Å². The first kappa shape index (κ1) is 19.2. The number of phenols is 2. The van der Waals surface area contributed by atoms with Crippen LogP contribution in [0.25, 0.3) is 11.0 Å². The maximum Gasteiger partial charge on any atom is 0.250 e. The maximum atomic E-state index is 10.3. The Hall–Kier alpha value is -3.10. The van der Waals surface area contributed by atoms with Gasteiger partial charge in [0.25, 0.3) is 0 Å². The summed E-state index contributed by atoms with van der Waals surface area (Å²) in [7, 11) is 0. The lowest BCUT2D eigenvalue weighted by Gasteiger charge is -2.06. The Kier molecular flexibility index (Phi) is 5.37. The van der Waals surface area contributed by atoms with Gasteiger partial charge in [0.1, 0.15) is 40.2 Å². The van der Waals surface area contributed by atoms with Crippen molar-refractivity contribution in [3.63, 3.8) is 0 Å². The van der Waals surface area contributed by atoms with Crippen LogP contribution >= 0.6 is 34.8 Å². The van der Waals surface area contributed by atoms with Gasteiger partial charge in [-0.15, -0.1) is 20.5 Å². The van der Waals surface area contributed by atoms with E-state index in [2.05, 4.69) is 44.2 Å². The second-order valence-electron chi connectivity index (χ2n) is 5.44. The number of phenolic OH excluding ortho intramolecular Hbond substituents is 2. The number of benzene rings is 1. The van der Waals surface area contributed by atoms with E-state index in [1.54, 1.807) is 6.20 Å². The lowest BCUT2D eigenvalue weighted by atomic mass is 10.1. The zero-order valence-electron chi connectivity index (χ0n) is 14.9. The number of hydrogen-bond donors (Lipinski definition) is 2. The Morgan fingerprint density at radius 1 is 1.00 bits per heavy atom. The molecule has 0 aliphatic rings. The number of thioether (sulfide) groups is 1. The fraction of sp³-hybridized carbons (Fsp3) is 0.133. The second-order valence-corrected chi connectivity index (χ2v) is 7.70. The van der Waals surface area contributed by atoms with Gasteiger partial charge in [0, 0.05) is 23.2 Å². The Labute approximate surface area is 175 Å². The average molecular weight is 446 g/mol. The van der Waals surface area contributed by atoms with Gasteiger partial charge in [0.2, 0.25) is 10.3 Å². The van der Waals surface area contributed by atoms with E-state index in [9.17, 15) is 10.2 Å². The van der Waals surface area contributed by atoms with E-state index in [0.717, 1.165) is 23.1 Å². The molecule has 2 N–H and O–H groups in total. The van der Waals surface area contributed by atoms with E-state index in [1.165, 1.54) is 31.1 Å². The van der Waals surface area contributed by atoms with Crippen molar-refractivity contribution in [1.82, 2.24) is 23.7 Å². The van der Waals surface area contributed by atoms with Crippen molar-refractivity contribution >= 4 is 67.4 Å². The van der Waals surface area contributed by atoms with Gasteiger partial charge in [-0.2, -0.15) is 13.7 Å². The molecule has 1 aromatic carbocycles. The van der Waals surface area contributed by atoms with Crippen LogP contribution in [0.2, 0.25) is 0 Å². The minimum Gasteiger partial charge on any atom is -0.505 e. The molecular formula is C15H11N9O2S3. The minimum absolute atomic E-state index is 0.117. The van der Waals surface area contributed by atoms with Crippen LogP contribution in [0.4, 0.5) is 21.5 Å². The Bertz CT molecular complexity index is 1250. The Morgan fingerprint density at radius 2 is 1.76 bits per heavy atom. The van der Waals surface area contributed by atoms with Crippen molar-refractivity contribution in [2.24, 2.45) is 20.5 Å². The van der Waals surface area contributed by atoms with Crippen molar-refractivity contribution < 1.29 is 10.2 Å². The smallest absolute Gasteiger partial charge is 0.250 e. The molecule has 0 amide bonds. The molecule has 0 fully saturated rings. The average Bonchev–Trinajstić information content (AvgIpc) is 3.37. The van der Waals surface area contributed by atoms with Crippen LogP contribution in [0.5, 0.6) is 11.5 Å². The Morgan fingerprint density at radius 3 is 2.48 bits per heavy atom. The molecule has 3 aromatic heterocycles. The molecule has 0 unspecified atom stereocenters. The number of aromatic hydroxyl groups is 2. The van der Waals surface area contributed by atoms with Gasteiger partial charge >= 0.3 is 0 Å². The number of rotatable bonds is 5. The van der Waals surface area contributed by atoms with E-state index in [1.807, 2.05) is 6.26 Å². The summed E-state index contributed by atoms with van der Waals surface area (Å²) < 4.78 is 8.28. The highest BCUT2D eigenvalue weighted by Gasteiger charge is 2.15. The molecule has 11 nitrogen and oxygen atoms in total. The van der Waals surface area contributed by atoms with Gasteiger partial charge in [-0.05, 0) is 24.7 Å². The third-order valence-corrected chi connectivity index (χ3v) is 5.67. The predicted molar refractivity (Wildman–Crippen MR) is 110 cm³/mol. The monoisotopic (exact) mass is 445 g/mol. The molecule has 0 spiro atoms. The number of hydrogen-bond acceptors (Lipinski definition) is 14. The first-order valence-corrected chi connectivity index (χ1v) is 10.7. The topological polar surface area (TPSA) is 154 Å². The lowest BCUT2D eigenvalue weighted by molar-refractivity contribution is 0.445. The number of nitrogens with zero attached hydrogens (tertiary/aromatic N) is 9. The van der Waals surface area contributed by atoms with Gasteiger partial charge < -0.3 is 10.2 Å². The molecule has 0 saturated carbocycles. The highest BCUT2D eigenvalue weighted by molar-refractivity contribution is 7.98. The van der Waals surface area contributed by atoms with Crippen molar-refractivity contribution in [2.45, 2.75) is 12.1 Å². The molecule has 29 heavy (non-hydrogen) atoms. The fourth-order valence-corrected chi connectivity index (χ4v) is 3.88. The third-order valence-electron chi connectivity index (χ3n) is 3.67. The normalized spacial score (nSPS) is 11.9. The summed E-state index contributed by atoms with van der Waals surface area (Å²) in [5.41, 5.74) is 1.60. The number of fused-ring (bicyclic) bond motifs is 1. The lowest BCUT2D eigenvalue weighted by Crippen LogP contribution is -1.79. The molecule has 4 rings (SSSR count). The van der Waals surface area contributed by atoms with Crippen LogP contribution in [0.1, 0.15) is 5.56 Å². The van der Waals surface area contributed by atoms with Gasteiger partial charge in [-0.3, -0.25) is 0 Å². The molecule has 14 heteroatoms. The first-order chi connectivity index (χ1) is 14.1. The van der Waals surface area contributed by atoms with Crippen LogP contribution in [0, 0.1) is 6.92 Å². The largest absolute Gasteiger partial charge is 0.505 e. The van der Waals surface area contributed by atoms with Gasteiger partial charge in [0.05, 0.1) is 6.20 Å². The first-order valence-electron chi connectivity index (χ1n) is 7.89. The van der Waals surface area contributed by atoms with Crippen molar-refractivity contribution in [3.8, 4) is 11.5 Å². The molecule has 0 aliphatic heterocycles. The van der Waals surface area contributed by atoms with E-state index >= 15 is 0 Å². The van der Waals surface area contributed by atoms with Crippen molar-refractivity contribution in [2.75, 3.05) is 6.26 Å². The van der Waals surface area contributed by atoms with E-state index in [4.69, 9.17) is 0 Å². The molecule has 3 heterocycles. The Balaban J connectivity index is 1.68. The van der Waals surface area contributed by atoms with E-state index in [0.29, 0.717) is 26.3 Å². The van der Waals surface area contributed by atoms with Crippen LogP contribution in [0.15, 0.2) is 44.2 Å². The molecule has 4 aromatic rings. The van der Waals surface area contributed by atoms with E-state index < -0.39 is 0 Å². The third kappa shape index (κ3) is 3.90. The maximum absolute atomic E-state index is 10.3. The summed E-state index contributed by atoms with van der Waals surface area (Å²) in [5.74, 6) is -0.426. The highest BCUT2D eigenvalue weighted by Crippen LogP contribution is 2.44.